The van der Waals surface area contributed by atoms with Crippen LogP contribution < -0.4 is 15.0 Å². The molecule has 2 aromatic carbocycles. The molecule has 34 heavy (non-hydrogen) atoms. The second-order valence-electron chi connectivity index (χ2n) is 8.16. The van der Waals surface area contributed by atoms with E-state index < -0.39 is 6.04 Å². The molecule has 0 spiro atoms. The number of halogens is 2. The lowest BCUT2D eigenvalue weighted by molar-refractivity contribution is -0.148. The van der Waals surface area contributed by atoms with E-state index in [2.05, 4.69) is 10.2 Å². The number of hydrogen-bond acceptors (Lipinski definition) is 5. The predicted molar refractivity (Wildman–Crippen MR) is 130 cm³/mol. The highest BCUT2D eigenvalue weighted by Crippen LogP contribution is 2.27. The van der Waals surface area contributed by atoms with Crippen LogP contribution in [0.5, 0.6) is 5.75 Å². The average Bonchev–Trinajstić information content (AvgIpc) is 2.85. The topological polar surface area (TPSA) is 82.2 Å². The van der Waals surface area contributed by atoms with Gasteiger partial charge in [-0.05, 0) is 30.3 Å². The van der Waals surface area contributed by atoms with E-state index in [9.17, 15) is 14.4 Å². The van der Waals surface area contributed by atoms with Crippen molar-refractivity contribution in [2.24, 2.45) is 0 Å². The Balaban J connectivity index is 1.34. The van der Waals surface area contributed by atoms with Crippen molar-refractivity contribution in [2.45, 2.75) is 12.5 Å². The molecule has 0 radical (unpaired) electrons. The van der Waals surface area contributed by atoms with E-state index in [1.54, 1.807) is 17.0 Å². The minimum atomic E-state index is -0.870. The minimum absolute atomic E-state index is 0.0649. The third-order valence-electron chi connectivity index (χ3n) is 6.02. The number of rotatable bonds is 6. The molecule has 2 fully saturated rings. The van der Waals surface area contributed by atoms with Crippen molar-refractivity contribution in [1.82, 2.24) is 15.1 Å². The molecule has 8 nitrogen and oxygen atoms in total. The second-order valence-corrected chi connectivity index (χ2v) is 9.01. The first kappa shape index (κ1) is 24.2. The molecule has 4 rings (SSSR count). The maximum Gasteiger partial charge on any atom is 0.261 e. The number of anilines is 1. The van der Waals surface area contributed by atoms with Crippen LogP contribution in [0, 0.1) is 0 Å². The SMILES string of the molecule is O=C1NCCN(C(=O)COc2ccc(Cl)cc2Cl)[C@H]1CC(=O)N1CCN(c2ccccc2)CC1. The van der Waals surface area contributed by atoms with E-state index in [0.29, 0.717) is 50.0 Å². The molecule has 180 valence electrons. The van der Waals surface area contributed by atoms with Crippen LogP contribution >= 0.6 is 23.2 Å². The molecule has 3 amide bonds. The van der Waals surface area contributed by atoms with Crippen molar-refractivity contribution < 1.29 is 19.1 Å². The third kappa shape index (κ3) is 5.74. The molecule has 2 heterocycles. The number of benzene rings is 2. The largest absolute Gasteiger partial charge is 0.482 e. The summed E-state index contributed by atoms with van der Waals surface area (Å²) in [5, 5.41) is 3.50. The van der Waals surface area contributed by atoms with Gasteiger partial charge in [0.05, 0.1) is 11.4 Å². The molecular formula is C24H26Cl2N4O4. The Morgan fingerprint density at radius 3 is 2.41 bits per heavy atom. The van der Waals surface area contributed by atoms with Crippen molar-refractivity contribution >= 4 is 46.6 Å². The van der Waals surface area contributed by atoms with Gasteiger partial charge < -0.3 is 24.8 Å². The molecule has 0 aromatic heterocycles. The summed E-state index contributed by atoms with van der Waals surface area (Å²) in [7, 11) is 0. The fourth-order valence-electron chi connectivity index (χ4n) is 4.18. The van der Waals surface area contributed by atoms with Gasteiger partial charge in [-0.25, -0.2) is 0 Å². The quantitative estimate of drug-likeness (QED) is 0.653. The molecule has 1 N–H and O–H groups in total. The average molecular weight is 505 g/mol. The Hall–Kier alpha value is -2.97. The standard InChI is InChI=1S/C24H26Cl2N4O4/c25-17-6-7-21(19(26)14-17)34-16-23(32)30-9-8-27-24(33)20(30)15-22(31)29-12-10-28(11-13-29)18-4-2-1-3-5-18/h1-7,14,20H,8-13,15-16H2,(H,27,33)/t20-/m0/s1. The van der Waals surface area contributed by atoms with Gasteiger partial charge in [0, 0.05) is 50.0 Å². The van der Waals surface area contributed by atoms with E-state index in [1.807, 2.05) is 30.3 Å². The minimum Gasteiger partial charge on any atom is -0.482 e. The first-order valence-electron chi connectivity index (χ1n) is 11.1. The van der Waals surface area contributed by atoms with Crippen LogP contribution in [-0.2, 0) is 14.4 Å². The number of amides is 3. The smallest absolute Gasteiger partial charge is 0.261 e. The fraction of sp³-hybridized carbons (Fsp3) is 0.375. The molecule has 0 saturated carbocycles. The van der Waals surface area contributed by atoms with Gasteiger partial charge in [0.15, 0.2) is 6.61 Å². The van der Waals surface area contributed by atoms with Crippen LogP contribution in [0.4, 0.5) is 5.69 Å². The van der Waals surface area contributed by atoms with Crippen LogP contribution in [0.25, 0.3) is 0 Å². The number of carbonyl (C=O) groups excluding carboxylic acids is 3. The first-order chi connectivity index (χ1) is 16.4. The van der Waals surface area contributed by atoms with Crippen LogP contribution in [-0.4, -0.2) is 79.4 Å². The van der Waals surface area contributed by atoms with E-state index in [1.165, 1.54) is 11.0 Å². The summed E-state index contributed by atoms with van der Waals surface area (Å²) in [6.45, 7) is 2.89. The maximum atomic E-state index is 13.0. The molecule has 10 heteroatoms. The van der Waals surface area contributed by atoms with Crippen LogP contribution in [0.2, 0.25) is 10.0 Å². The highest BCUT2D eigenvalue weighted by molar-refractivity contribution is 6.35. The molecule has 2 aliphatic heterocycles. The Kier molecular flexibility index (Phi) is 7.80. The van der Waals surface area contributed by atoms with Crippen LogP contribution in [0.15, 0.2) is 48.5 Å². The lowest BCUT2D eigenvalue weighted by Gasteiger charge is -2.38. The molecule has 2 aromatic rings. The molecule has 0 unspecified atom stereocenters. The number of para-hydroxylation sites is 1. The van der Waals surface area contributed by atoms with Crippen molar-refractivity contribution in [2.75, 3.05) is 50.8 Å². The lowest BCUT2D eigenvalue weighted by atomic mass is 10.1. The van der Waals surface area contributed by atoms with Gasteiger partial charge in [0.25, 0.3) is 5.91 Å². The highest BCUT2D eigenvalue weighted by Gasteiger charge is 2.36. The van der Waals surface area contributed by atoms with E-state index >= 15 is 0 Å². The highest BCUT2D eigenvalue weighted by atomic mass is 35.5. The van der Waals surface area contributed by atoms with Gasteiger partial charge in [0.2, 0.25) is 11.8 Å². The van der Waals surface area contributed by atoms with Gasteiger partial charge in [-0.2, -0.15) is 0 Å². The monoisotopic (exact) mass is 504 g/mol. The normalized spacial score (nSPS) is 18.5. The Bertz CT molecular complexity index is 1040. The summed E-state index contributed by atoms with van der Waals surface area (Å²) < 4.78 is 5.55. The van der Waals surface area contributed by atoms with Crippen LogP contribution in [0.1, 0.15) is 6.42 Å². The van der Waals surface area contributed by atoms with Gasteiger partial charge >= 0.3 is 0 Å². The summed E-state index contributed by atoms with van der Waals surface area (Å²) in [5.74, 6) is -0.535. The number of nitrogens with one attached hydrogen (secondary N) is 1. The van der Waals surface area contributed by atoms with E-state index in [-0.39, 0.29) is 35.8 Å². The van der Waals surface area contributed by atoms with Crippen molar-refractivity contribution in [1.29, 1.82) is 0 Å². The summed E-state index contributed by atoms with van der Waals surface area (Å²) in [6.07, 6.45) is -0.0649. The third-order valence-corrected chi connectivity index (χ3v) is 6.55. The fourth-order valence-corrected chi connectivity index (χ4v) is 4.64. The summed E-state index contributed by atoms with van der Waals surface area (Å²) >= 11 is 12.0. The summed E-state index contributed by atoms with van der Waals surface area (Å²) in [4.78, 5) is 43.9. The van der Waals surface area contributed by atoms with Gasteiger partial charge in [-0.15, -0.1) is 0 Å². The number of carbonyl (C=O) groups is 3. The summed E-state index contributed by atoms with van der Waals surface area (Å²) in [5.41, 5.74) is 1.12. The Morgan fingerprint density at radius 1 is 0.971 bits per heavy atom. The molecule has 2 aliphatic rings. The Labute approximate surface area is 208 Å². The molecular weight excluding hydrogens is 479 g/mol. The first-order valence-corrected chi connectivity index (χ1v) is 11.9. The number of piperazine rings is 2. The van der Waals surface area contributed by atoms with E-state index in [0.717, 1.165) is 5.69 Å². The van der Waals surface area contributed by atoms with Crippen molar-refractivity contribution in [3.63, 3.8) is 0 Å². The van der Waals surface area contributed by atoms with Gasteiger partial charge in [-0.1, -0.05) is 41.4 Å². The van der Waals surface area contributed by atoms with Crippen molar-refractivity contribution in [3.05, 3.63) is 58.6 Å². The molecule has 0 bridgehead atoms. The Morgan fingerprint density at radius 2 is 1.71 bits per heavy atom. The van der Waals surface area contributed by atoms with Gasteiger partial charge in [-0.3, -0.25) is 14.4 Å². The van der Waals surface area contributed by atoms with Crippen molar-refractivity contribution in [3.8, 4) is 5.75 Å². The molecule has 2 saturated heterocycles. The zero-order valence-electron chi connectivity index (χ0n) is 18.6. The number of nitrogens with zero attached hydrogens (tertiary/aromatic N) is 3. The van der Waals surface area contributed by atoms with Gasteiger partial charge in [0.1, 0.15) is 11.8 Å². The second kappa shape index (κ2) is 11.0. The maximum absolute atomic E-state index is 13.0. The van der Waals surface area contributed by atoms with E-state index in [4.69, 9.17) is 27.9 Å². The molecule has 1 atom stereocenters. The number of hydrogen-bond donors (Lipinski definition) is 1. The van der Waals surface area contributed by atoms with Crippen LogP contribution in [0.3, 0.4) is 0 Å². The molecule has 0 aliphatic carbocycles. The zero-order valence-corrected chi connectivity index (χ0v) is 20.1. The summed E-state index contributed by atoms with van der Waals surface area (Å²) in [6, 6.07) is 13.9. The predicted octanol–water partition coefficient (Wildman–Crippen LogP) is 2.44. The number of ether oxygens (including phenoxy) is 1. The zero-order chi connectivity index (χ0) is 24.1. The lowest BCUT2D eigenvalue weighted by Crippen LogP contribution is -2.60.